The lowest BCUT2D eigenvalue weighted by molar-refractivity contribution is -0.150. The van der Waals surface area contributed by atoms with E-state index in [1.165, 1.54) is 7.11 Å². The first-order valence-corrected chi connectivity index (χ1v) is 17.8. The molecule has 234 valence electrons. The molecule has 1 spiro atoms. The van der Waals surface area contributed by atoms with E-state index < -0.39 is 31.6 Å². The zero-order chi connectivity index (χ0) is 31.4. The predicted molar refractivity (Wildman–Crippen MR) is 163 cm³/mol. The van der Waals surface area contributed by atoms with Crippen LogP contribution in [0.2, 0.25) is 18.6 Å². The molecule has 1 fully saturated rings. The molecule has 0 radical (unpaired) electrons. The van der Waals surface area contributed by atoms with Gasteiger partial charge in [0.15, 0.2) is 5.60 Å². The Hall–Kier alpha value is -3.28. The number of carbonyl (C=O) groups excluding carboxylic acids is 3. The number of halogens is 1. The molecule has 0 saturated carbocycles. The van der Waals surface area contributed by atoms with Crippen molar-refractivity contribution in [2.45, 2.75) is 69.5 Å². The van der Waals surface area contributed by atoms with Gasteiger partial charge in [0.2, 0.25) is 14.3 Å². The Labute approximate surface area is 254 Å². The average Bonchev–Trinajstić information content (AvgIpc) is 3.41. The van der Waals surface area contributed by atoms with Crippen molar-refractivity contribution in [1.29, 1.82) is 0 Å². The van der Waals surface area contributed by atoms with Gasteiger partial charge in [0, 0.05) is 43.1 Å². The van der Waals surface area contributed by atoms with Crippen molar-refractivity contribution in [2.24, 2.45) is 5.92 Å². The normalized spacial score (nSPS) is 23.0. The van der Waals surface area contributed by atoms with E-state index in [2.05, 4.69) is 0 Å². The van der Waals surface area contributed by atoms with Crippen molar-refractivity contribution in [3.8, 4) is 5.75 Å². The smallest absolute Gasteiger partial charge is 0.305 e. The van der Waals surface area contributed by atoms with Crippen LogP contribution in [0.5, 0.6) is 5.75 Å². The Bertz CT molecular complexity index is 1300. The fourth-order valence-corrected chi connectivity index (χ4v) is 9.23. The third-order valence-corrected chi connectivity index (χ3v) is 11.2. The molecule has 0 aliphatic carbocycles. The molecule has 1 N–H and O–H groups in total. The second-order valence-electron chi connectivity index (χ2n) is 11.9. The zero-order valence-electron chi connectivity index (χ0n) is 25.7. The fraction of sp³-hybridized carbons (Fsp3) is 0.531. The van der Waals surface area contributed by atoms with Crippen molar-refractivity contribution in [1.82, 2.24) is 4.90 Å². The van der Waals surface area contributed by atoms with Gasteiger partial charge in [0.05, 0.1) is 39.0 Å². The highest BCUT2D eigenvalue weighted by molar-refractivity contribution is 6.72. The van der Waals surface area contributed by atoms with Crippen LogP contribution in [0.4, 0.5) is 9.80 Å². The summed E-state index contributed by atoms with van der Waals surface area (Å²) in [6, 6.07) is 14.8. The van der Waals surface area contributed by atoms with Crippen LogP contribution >= 0.6 is 0 Å². The number of hydrogen-bond acceptors (Lipinski definition) is 7. The summed E-state index contributed by atoms with van der Waals surface area (Å²) in [5.74, 6) is -0.896. The van der Waals surface area contributed by atoms with Crippen molar-refractivity contribution in [3.63, 3.8) is 0 Å². The molecule has 1 saturated heterocycles. The van der Waals surface area contributed by atoms with Crippen LogP contribution in [0.1, 0.15) is 43.7 Å². The molecule has 9 nitrogen and oxygen atoms in total. The van der Waals surface area contributed by atoms with Crippen molar-refractivity contribution >= 4 is 31.9 Å². The minimum Gasteiger partial charge on any atom is -0.497 e. The Morgan fingerprint density at radius 3 is 2.49 bits per heavy atom. The number of anilines is 1. The molecule has 2 aromatic rings. The summed E-state index contributed by atoms with van der Waals surface area (Å²) in [7, 11) is -0.595. The first-order valence-electron chi connectivity index (χ1n) is 14.8. The van der Waals surface area contributed by atoms with Crippen LogP contribution in [0.15, 0.2) is 48.5 Å². The van der Waals surface area contributed by atoms with E-state index in [1.807, 2.05) is 43.3 Å². The van der Waals surface area contributed by atoms with Crippen LogP contribution in [0.25, 0.3) is 0 Å². The van der Waals surface area contributed by atoms with E-state index in [0.717, 1.165) is 5.56 Å². The summed E-state index contributed by atoms with van der Waals surface area (Å²) >= 11 is 0. The van der Waals surface area contributed by atoms with Gasteiger partial charge in [0.25, 0.3) is 5.91 Å². The summed E-state index contributed by atoms with van der Waals surface area (Å²) in [5.41, 5.74) is 0.0386. The third-order valence-electron chi connectivity index (χ3n) is 8.72. The molecule has 0 bridgehead atoms. The van der Waals surface area contributed by atoms with E-state index in [0.29, 0.717) is 42.9 Å². The molecule has 4 atom stereocenters. The molecular weight excluding hydrogens is 571 g/mol. The number of carbonyl (C=O) groups is 3. The molecule has 2 heterocycles. The topological polar surface area (TPSA) is 106 Å². The number of fused-ring (bicyclic) bond motifs is 2. The predicted octanol–water partition coefficient (Wildman–Crippen LogP) is 4.57. The summed E-state index contributed by atoms with van der Waals surface area (Å²) in [6.45, 7) is 5.60. The number of aliphatic hydroxyl groups is 1. The molecule has 0 aromatic heterocycles. The number of rotatable bonds is 13. The lowest BCUT2D eigenvalue weighted by Gasteiger charge is -2.31. The highest BCUT2D eigenvalue weighted by atomic mass is 28.4. The minimum atomic E-state index is -3.48. The van der Waals surface area contributed by atoms with Crippen LogP contribution < -0.4 is 9.64 Å². The highest BCUT2D eigenvalue weighted by Crippen LogP contribution is 2.60. The monoisotopic (exact) mass is 614 g/mol. The number of benzene rings is 2. The van der Waals surface area contributed by atoms with Gasteiger partial charge in [-0.15, -0.1) is 0 Å². The molecule has 43 heavy (non-hydrogen) atoms. The summed E-state index contributed by atoms with van der Waals surface area (Å²) < 4.78 is 33.1. The van der Waals surface area contributed by atoms with E-state index in [1.54, 1.807) is 42.1 Å². The Balaban J connectivity index is 1.66. The number of ether oxygens (including phenoxy) is 3. The van der Waals surface area contributed by atoms with Gasteiger partial charge < -0.3 is 33.2 Å². The highest BCUT2D eigenvalue weighted by Gasteiger charge is 2.67. The van der Waals surface area contributed by atoms with Gasteiger partial charge in [0.1, 0.15) is 5.75 Å². The van der Waals surface area contributed by atoms with Crippen molar-refractivity contribution in [2.75, 3.05) is 38.8 Å². The molecule has 4 rings (SSSR count). The van der Waals surface area contributed by atoms with Crippen LogP contribution in [-0.4, -0.2) is 76.2 Å². The maximum Gasteiger partial charge on any atom is 0.305 e. The van der Waals surface area contributed by atoms with Crippen molar-refractivity contribution < 1.29 is 37.8 Å². The van der Waals surface area contributed by atoms with Crippen molar-refractivity contribution in [3.05, 3.63) is 59.7 Å². The summed E-state index contributed by atoms with van der Waals surface area (Å²) in [6.07, 6.45) is 0.384. The SMILES string of the molecule is COC(=O)CCCCN1C(=O)[C@]2(O[C@H](CC(=O)N(CCO)Cc3ccccc3)[C@@H]([Si](C)(C)F)[C@@H]2C)c2cc(OC)ccc21. The zero-order valence-corrected chi connectivity index (χ0v) is 26.7. The standard InChI is InChI=1S/C32H43FN2O7Si/c1-22-30(43(4,5)33)27(20-28(37)34(17-18-36)21-23-11-7-6-8-12-23)42-32(22)25-19-24(40-2)14-15-26(25)35(31(32)39)16-10-9-13-29(38)41-3/h6-8,11-12,14-15,19,22,27,30,36H,9-10,13,16-18,20-21H2,1-5H3/t22-,27+,30-,32+/m0/s1. The van der Waals surface area contributed by atoms with Crippen LogP contribution in [0, 0.1) is 5.92 Å². The average molecular weight is 615 g/mol. The minimum absolute atomic E-state index is 0.115. The summed E-state index contributed by atoms with van der Waals surface area (Å²) in [4.78, 5) is 42.9. The van der Waals surface area contributed by atoms with Crippen LogP contribution in [-0.2, 0) is 36.0 Å². The van der Waals surface area contributed by atoms with E-state index in [9.17, 15) is 19.5 Å². The quantitative estimate of drug-likeness (QED) is 0.153. The number of nitrogens with zero attached hydrogens (tertiary/aromatic N) is 2. The number of hydrogen-bond donors (Lipinski definition) is 1. The Kier molecular flexibility index (Phi) is 10.3. The maximum atomic E-state index is 16.2. The first kappa shape index (κ1) is 32.6. The molecule has 0 unspecified atom stereocenters. The van der Waals surface area contributed by atoms with Gasteiger partial charge >= 0.3 is 5.97 Å². The molecule has 2 aliphatic heterocycles. The third kappa shape index (κ3) is 6.63. The lowest BCUT2D eigenvalue weighted by Crippen LogP contribution is -2.45. The number of esters is 1. The van der Waals surface area contributed by atoms with E-state index >= 15 is 4.11 Å². The largest absolute Gasteiger partial charge is 0.497 e. The van der Waals surface area contributed by atoms with Gasteiger partial charge in [-0.2, -0.15) is 0 Å². The second kappa shape index (κ2) is 13.6. The van der Waals surface area contributed by atoms with Gasteiger partial charge in [-0.1, -0.05) is 37.3 Å². The fourth-order valence-electron chi connectivity index (χ4n) is 6.73. The van der Waals surface area contributed by atoms with E-state index in [-0.39, 0.29) is 43.8 Å². The number of amides is 2. The van der Waals surface area contributed by atoms with Gasteiger partial charge in [-0.05, 0) is 49.7 Å². The first-order chi connectivity index (χ1) is 20.5. The Morgan fingerprint density at radius 2 is 1.86 bits per heavy atom. The molecular formula is C32H43FN2O7Si. The van der Waals surface area contributed by atoms with Gasteiger partial charge in [-0.25, -0.2) is 0 Å². The number of methoxy groups -OCH3 is 2. The van der Waals surface area contributed by atoms with Gasteiger partial charge in [-0.3, -0.25) is 14.4 Å². The lowest BCUT2D eigenvalue weighted by atomic mass is 9.82. The molecule has 2 amide bonds. The Morgan fingerprint density at radius 1 is 1.14 bits per heavy atom. The summed E-state index contributed by atoms with van der Waals surface area (Å²) in [5, 5.41) is 9.70. The number of unbranched alkanes of at least 4 members (excludes halogenated alkanes) is 1. The van der Waals surface area contributed by atoms with E-state index in [4.69, 9.17) is 14.2 Å². The molecule has 2 aliphatic rings. The molecule has 2 aromatic carbocycles. The second-order valence-corrected chi connectivity index (χ2v) is 15.7. The van der Waals surface area contributed by atoms with Crippen LogP contribution in [0.3, 0.4) is 0 Å². The molecule has 11 heteroatoms. The number of aliphatic hydroxyl groups excluding tert-OH is 1. The maximum absolute atomic E-state index is 16.2.